The molecule has 0 spiro atoms. The normalized spacial score (nSPS) is 13.2. The van der Waals surface area contributed by atoms with Crippen molar-refractivity contribution in [3.05, 3.63) is 35.4 Å². The summed E-state index contributed by atoms with van der Waals surface area (Å²) in [6.07, 6.45) is -4.32. The highest BCUT2D eigenvalue weighted by Gasteiger charge is 2.29. The van der Waals surface area contributed by atoms with Gasteiger partial charge in [0, 0.05) is 13.6 Å². The largest absolute Gasteiger partial charge is 0.416 e. The third-order valence-corrected chi connectivity index (χ3v) is 2.53. The number of amides is 1. The maximum absolute atomic E-state index is 12.3. The first-order chi connectivity index (χ1) is 8.34. The summed E-state index contributed by atoms with van der Waals surface area (Å²) in [5.41, 5.74) is 0.0179. The van der Waals surface area contributed by atoms with Gasteiger partial charge in [-0.3, -0.25) is 4.79 Å². The van der Waals surface area contributed by atoms with Crippen LogP contribution in [0.3, 0.4) is 0 Å². The molecule has 6 heteroatoms. The fourth-order valence-electron chi connectivity index (χ4n) is 1.39. The van der Waals surface area contributed by atoms with Gasteiger partial charge in [0.1, 0.15) is 0 Å². The summed E-state index contributed by atoms with van der Waals surface area (Å²) in [7, 11) is 1.53. The Bertz CT molecular complexity index is 401. The van der Waals surface area contributed by atoms with Gasteiger partial charge in [0.05, 0.1) is 11.6 Å². The summed E-state index contributed by atoms with van der Waals surface area (Å²) in [5, 5.41) is 5.39. The first kappa shape index (κ1) is 14.5. The van der Waals surface area contributed by atoms with Gasteiger partial charge in [-0.1, -0.05) is 12.1 Å². The van der Waals surface area contributed by atoms with Crippen molar-refractivity contribution in [2.75, 3.05) is 7.05 Å². The van der Waals surface area contributed by atoms with E-state index >= 15 is 0 Å². The molecule has 100 valence electrons. The van der Waals surface area contributed by atoms with Crippen molar-refractivity contribution in [2.45, 2.75) is 25.7 Å². The molecule has 18 heavy (non-hydrogen) atoms. The maximum atomic E-state index is 12.3. The summed E-state index contributed by atoms with van der Waals surface area (Å²) >= 11 is 0. The Morgan fingerprint density at radius 3 is 2.28 bits per heavy atom. The molecule has 0 bridgehead atoms. The van der Waals surface area contributed by atoms with Gasteiger partial charge < -0.3 is 10.6 Å². The molecule has 0 heterocycles. The van der Waals surface area contributed by atoms with Crippen LogP contribution in [0.15, 0.2) is 24.3 Å². The number of likely N-dealkylation sites (N-methyl/N-ethyl adjacent to an activating group) is 1. The molecule has 2 N–H and O–H groups in total. The highest BCUT2D eigenvalue weighted by molar-refractivity contribution is 5.80. The second-order valence-electron chi connectivity index (χ2n) is 3.91. The van der Waals surface area contributed by atoms with Crippen LogP contribution in [0, 0.1) is 0 Å². The molecule has 0 saturated heterocycles. The van der Waals surface area contributed by atoms with E-state index in [1.54, 1.807) is 6.92 Å². The van der Waals surface area contributed by atoms with Crippen LogP contribution in [-0.4, -0.2) is 19.0 Å². The van der Waals surface area contributed by atoms with E-state index in [9.17, 15) is 18.0 Å². The lowest BCUT2D eigenvalue weighted by molar-refractivity contribution is -0.137. The number of carbonyl (C=O) groups is 1. The lowest BCUT2D eigenvalue weighted by Crippen LogP contribution is -2.40. The van der Waals surface area contributed by atoms with E-state index in [2.05, 4.69) is 10.6 Å². The highest BCUT2D eigenvalue weighted by Crippen LogP contribution is 2.28. The summed E-state index contributed by atoms with van der Waals surface area (Å²) in [6.45, 7) is 2.02. The van der Waals surface area contributed by atoms with Crippen molar-refractivity contribution < 1.29 is 18.0 Å². The molecule has 0 aromatic heterocycles. The molecule has 1 aromatic carbocycles. The summed E-state index contributed by atoms with van der Waals surface area (Å²) in [6, 6.07) is 4.46. The van der Waals surface area contributed by atoms with Crippen LogP contribution < -0.4 is 10.6 Å². The Morgan fingerprint density at radius 1 is 1.28 bits per heavy atom. The van der Waals surface area contributed by atoms with Crippen molar-refractivity contribution in [3.8, 4) is 0 Å². The molecular weight excluding hydrogens is 245 g/mol. The Kier molecular flexibility index (Phi) is 4.72. The molecule has 0 fully saturated rings. The fourth-order valence-corrected chi connectivity index (χ4v) is 1.39. The predicted molar refractivity (Wildman–Crippen MR) is 61.8 cm³/mol. The number of benzene rings is 1. The van der Waals surface area contributed by atoms with E-state index in [0.29, 0.717) is 12.1 Å². The van der Waals surface area contributed by atoms with Crippen LogP contribution in [0.2, 0.25) is 0 Å². The summed E-state index contributed by atoms with van der Waals surface area (Å²) < 4.78 is 37.0. The molecule has 1 amide bonds. The van der Waals surface area contributed by atoms with Gasteiger partial charge >= 0.3 is 6.18 Å². The second-order valence-corrected chi connectivity index (χ2v) is 3.91. The minimum atomic E-state index is -4.32. The van der Waals surface area contributed by atoms with Crippen molar-refractivity contribution in [1.82, 2.24) is 10.6 Å². The average Bonchev–Trinajstić information content (AvgIpc) is 2.34. The molecule has 1 atom stereocenters. The van der Waals surface area contributed by atoms with E-state index in [1.165, 1.54) is 19.2 Å². The lowest BCUT2D eigenvalue weighted by Gasteiger charge is -2.12. The molecule has 0 aliphatic rings. The quantitative estimate of drug-likeness (QED) is 0.868. The van der Waals surface area contributed by atoms with Crippen LogP contribution in [0.25, 0.3) is 0 Å². The number of hydrogen-bond donors (Lipinski definition) is 2. The number of rotatable bonds is 4. The smallest absolute Gasteiger partial charge is 0.358 e. The Hall–Kier alpha value is -1.56. The van der Waals surface area contributed by atoms with Crippen LogP contribution in [0.4, 0.5) is 13.2 Å². The van der Waals surface area contributed by atoms with Gasteiger partial charge in [0.15, 0.2) is 0 Å². The number of alkyl halides is 3. The SMILES string of the molecule is CNC(=O)C(C)NCc1ccc(C(F)(F)F)cc1. The minimum absolute atomic E-state index is 0.165. The highest BCUT2D eigenvalue weighted by atomic mass is 19.4. The summed E-state index contributed by atoms with van der Waals surface area (Å²) in [5.74, 6) is -0.165. The van der Waals surface area contributed by atoms with E-state index in [-0.39, 0.29) is 5.91 Å². The second kappa shape index (κ2) is 5.86. The molecule has 0 aliphatic carbocycles. The molecule has 0 aliphatic heterocycles. The van der Waals surface area contributed by atoms with Crippen LogP contribution in [0.5, 0.6) is 0 Å². The van der Waals surface area contributed by atoms with Crippen LogP contribution in [-0.2, 0) is 17.5 Å². The van der Waals surface area contributed by atoms with Gasteiger partial charge in [-0.15, -0.1) is 0 Å². The standard InChI is InChI=1S/C12H15F3N2O/c1-8(11(18)16-2)17-7-9-3-5-10(6-4-9)12(13,14)15/h3-6,8,17H,7H2,1-2H3,(H,16,18). The van der Waals surface area contributed by atoms with Crippen molar-refractivity contribution in [2.24, 2.45) is 0 Å². The monoisotopic (exact) mass is 260 g/mol. The number of nitrogens with one attached hydrogen (secondary N) is 2. The predicted octanol–water partition coefficient (Wildman–Crippen LogP) is 1.93. The minimum Gasteiger partial charge on any atom is -0.358 e. The van der Waals surface area contributed by atoms with Crippen LogP contribution in [0.1, 0.15) is 18.1 Å². The van der Waals surface area contributed by atoms with Crippen molar-refractivity contribution >= 4 is 5.91 Å². The number of carbonyl (C=O) groups excluding carboxylic acids is 1. The molecular formula is C12H15F3N2O. The van der Waals surface area contributed by atoms with E-state index in [1.807, 2.05) is 0 Å². The first-order valence-corrected chi connectivity index (χ1v) is 5.45. The molecule has 1 unspecified atom stereocenters. The zero-order valence-corrected chi connectivity index (χ0v) is 10.1. The number of halogens is 3. The van der Waals surface area contributed by atoms with Crippen molar-refractivity contribution in [1.29, 1.82) is 0 Å². The third-order valence-electron chi connectivity index (χ3n) is 2.53. The maximum Gasteiger partial charge on any atom is 0.416 e. The molecule has 1 aromatic rings. The zero-order valence-electron chi connectivity index (χ0n) is 10.1. The van der Waals surface area contributed by atoms with Gasteiger partial charge in [0.2, 0.25) is 5.91 Å². The molecule has 0 radical (unpaired) electrons. The molecule has 0 saturated carbocycles. The van der Waals surface area contributed by atoms with Gasteiger partial charge in [0.25, 0.3) is 0 Å². The fraction of sp³-hybridized carbons (Fsp3) is 0.417. The average molecular weight is 260 g/mol. The van der Waals surface area contributed by atoms with Gasteiger partial charge in [-0.2, -0.15) is 13.2 Å². The van der Waals surface area contributed by atoms with E-state index in [4.69, 9.17) is 0 Å². The topological polar surface area (TPSA) is 41.1 Å². The van der Waals surface area contributed by atoms with Gasteiger partial charge in [-0.25, -0.2) is 0 Å². The Morgan fingerprint density at radius 2 is 1.83 bits per heavy atom. The first-order valence-electron chi connectivity index (χ1n) is 5.45. The zero-order chi connectivity index (χ0) is 13.8. The Labute approximate surface area is 103 Å². The Balaban J connectivity index is 2.57. The summed E-state index contributed by atoms with van der Waals surface area (Å²) in [4.78, 5) is 11.2. The van der Waals surface area contributed by atoms with E-state index < -0.39 is 17.8 Å². The van der Waals surface area contributed by atoms with Crippen LogP contribution >= 0.6 is 0 Å². The lowest BCUT2D eigenvalue weighted by atomic mass is 10.1. The van der Waals surface area contributed by atoms with Crippen molar-refractivity contribution in [3.63, 3.8) is 0 Å². The number of hydrogen-bond acceptors (Lipinski definition) is 2. The molecule has 1 rings (SSSR count). The van der Waals surface area contributed by atoms with E-state index in [0.717, 1.165) is 12.1 Å². The van der Waals surface area contributed by atoms with Gasteiger partial charge in [-0.05, 0) is 24.6 Å². The molecule has 3 nitrogen and oxygen atoms in total. The third kappa shape index (κ3) is 4.03.